The highest BCUT2D eigenvalue weighted by Gasteiger charge is 2.38. The molecular weight excluding hydrogens is 206 g/mol. The van der Waals surface area contributed by atoms with Gasteiger partial charge in [-0.15, -0.1) is 0 Å². The van der Waals surface area contributed by atoms with Crippen LogP contribution in [0.25, 0.3) is 0 Å². The summed E-state index contributed by atoms with van der Waals surface area (Å²) in [5.41, 5.74) is -0.756. The van der Waals surface area contributed by atoms with Crippen molar-refractivity contribution in [3.63, 3.8) is 0 Å². The summed E-state index contributed by atoms with van der Waals surface area (Å²) in [4.78, 5) is 27.1. The van der Waals surface area contributed by atoms with E-state index in [0.717, 1.165) is 13.0 Å². The van der Waals surface area contributed by atoms with Gasteiger partial charge in [0.05, 0.1) is 6.54 Å². The second-order valence-corrected chi connectivity index (χ2v) is 5.06. The van der Waals surface area contributed by atoms with Crippen molar-refractivity contribution in [3.8, 4) is 0 Å². The fourth-order valence-corrected chi connectivity index (χ4v) is 1.84. The number of nitrogens with one attached hydrogen (secondary N) is 1. The van der Waals surface area contributed by atoms with Crippen LogP contribution in [0.2, 0.25) is 0 Å². The molecule has 1 aliphatic heterocycles. The van der Waals surface area contributed by atoms with E-state index in [1.54, 1.807) is 18.7 Å². The van der Waals surface area contributed by atoms with Gasteiger partial charge in [0.1, 0.15) is 5.54 Å². The molecule has 1 fully saturated rings. The maximum absolute atomic E-state index is 12.0. The van der Waals surface area contributed by atoms with Gasteiger partial charge in [-0.05, 0) is 40.9 Å². The summed E-state index contributed by atoms with van der Waals surface area (Å²) < 4.78 is 0. The Morgan fingerprint density at radius 2 is 2.00 bits per heavy atom. The van der Waals surface area contributed by atoms with Crippen LogP contribution in [0.4, 0.5) is 0 Å². The van der Waals surface area contributed by atoms with Crippen molar-refractivity contribution in [2.75, 3.05) is 33.7 Å². The summed E-state index contributed by atoms with van der Waals surface area (Å²) in [6.45, 7) is 5.24. The van der Waals surface area contributed by atoms with Gasteiger partial charge in [0.25, 0.3) is 0 Å². The molecule has 0 aromatic carbocycles. The molecular formula is C11H21N3O2. The van der Waals surface area contributed by atoms with Gasteiger partial charge in [0.2, 0.25) is 11.8 Å². The van der Waals surface area contributed by atoms with Crippen LogP contribution in [0.1, 0.15) is 20.3 Å². The van der Waals surface area contributed by atoms with E-state index in [0.29, 0.717) is 6.54 Å². The smallest absolute Gasteiger partial charge is 0.248 e. The second kappa shape index (κ2) is 4.82. The number of piperazine rings is 1. The summed E-state index contributed by atoms with van der Waals surface area (Å²) >= 11 is 0. The lowest BCUT2D eigenvalue weighted by Crippen LogP contribution is -2.63. The lowest BCUT2D eigenvalue weighted by molar-refractivity contribution is -0.148. The largest absolute Gasteiger partial charge is 0.341 e. The fraction of sp³-hybridized carbons (Fsp3) is 0.818. The molecule has 0 radical (unpaired) electrons. The minimum Gasteiger partial charge on any atom is -0.341 e. The first-order valence-corrected chi connectivity index (χ1v) is 5.58. The van der Waals surface area contributed by atoms with E-state index >= 15 is 0 Å². The first-order chi connectivity index (χ1) is 7.33. The second-order valence-electron chi connectivity index (χ2n) is 5.06. The van der Waals surface area contributed by atoms with E-state index in [1.165, 1.54) is 0 Å². The van der Waals surface area contributed by atoms with Gasteiger partial charge in [-0.2, -0.15) is 0 Å². The van der Waals surface area contributed by atoms with E-state index < -0.39 is 5.54 Å². The maximum atomic E-state index is 12.0. The normalized spacial score (nSPS) is 20.2. The van der Waals surface area contributed by atoms with Gasteiger partial charge >= 0.3 is 0 Å². The molecule has 2 amide bonds. The monoisotopic (exact) mass is 227 g/mol. The molecule has 0 atom stereocenters. The number of hydrogen-bond acceptors (Lipinski definition) is 3. The Kier molecular flexibility index (Phi) is 3.91. The molecule has 0 aromatic rings. The SMILES string of the molecule is CN(C)CCCN1CC(=O)NC(C)(C)C1=O. The number of hydrogen-bond donors (Lipinski definition) is 1. The Morgan fingerprint density at radius 3 is 2.56 bits per heavy atom. The molecule has 1 heterocycles. The molecule has 5 heteroatoms. The lowest BCUT2D eigenvalue weighted by atomic mass is 10.0. The summed E-state index contributed by atoms with van der Waals surface area (Å²) in [7, 11) is 3.99. The van der Waals surface area contributed by atoms with Crippen LogP contribution >= 0.6 is 0 Å². The van der Waals surface area contributed by atoms with Crippen molar-refractivity contribution in [1.29, 1.82) is 0 Å². The summed E-state index contributed by atoms with van der Waals surface area (Å²) in [6, 6.07) is 0. The standard InChI is InChI=1S/C11H21N3O2/c1-11(2)10(16)14(8-9(15)12-11)7-5-6-13(3)4/h5-8H2,1-4H3,(H,12,15). The highest BCUT2D eigenvalue weighted by molar-refractivity contribution is 5.97. The maximum Gasteiger partial charge on any atom is 0.248 e. The van der Waals surface area contributed by atoms with Gasteiger partial charge in [-0.1, -0.05) is 0 Å². The highest BCUT2D eigenvalue weighted by atomic mass is 16.2. The van der Waals surface area contributed by atoms with Crippen molar-refractivity contribution in [3.05, 3.63) is 0 Å². The van der Waals surface area contributed by atoms with Crippen LogP contribution < -0.4 is 5.32 Å². The van der Waals surface area contributed by atoms with Crippen LogP contribution in [0, 0.1) is 0 Å². The Balaban J connectivity index is 2.52. The van der Waals surface area contributed by atoms with Crippen LogP contribution in [-0.2, 0) is 9.59 Å². The molecule has 0 saturated carbocycles. The highest BCUT2D eigenvalue weighted by Crippen LogP contribution is 2.13. The molecule has 1 saturated heterocycles. The molecule has 0 aliphatic carbocycles. The minimum absolute atomic E-state index is 0.00542. The van der Waals surface area contributed by atoms with Crippen molar-refractivity contribution in [2.45, 2.75) is 25.8 Å². The third kappa shape index (κ3) is 3.20. The van der Waals surface area contributed by atoms with E-state index in [9.17, 15) is 9.59 Å². The number of nitrogens with zero attached hydrogens (tertiary/aromatic N) is 2. The van der Waals surface area contributed by atoms with Gasteiger partial charge in [0.15, 0.2) is 0 Å². The molecule has 0 unspecified atom stereocenters. The topological polar surface area (TPSA) is 52.6 Å². The van der Waals surface area contributed by atoms with Crippen LogP contribution in [-0.4, -0.2) is 60.9 Å². The Morgan fingerprint density at radius 1 is 1.38 bits per heavy atom. The quantitative estimate of drug-likeness (QED) is 0.716. The average molecular weight is 227 g/mol. The van der Waals surface area contributed by atoms with E-state index in [4.69, 9.17) is 0 Å². The summed E-state index contributed by atoms with van der Waals surface area (Å²) in [5.74, 6) is -0.0692. The van der Waals surface area contributed by atoms with Gasteiger partial charge in [0, 0.05) is 6.54 Å². The molecule has 16 heavy (non-hydrogen) atoms. The third-order valence-corrected chi connectivity index (χ3v) is 2.64. The Bertz CT molecular complexity index is 287. The van der Waals surface area contributed by atoms with Gasteiger partial charge < -0.3 is 15.1 Å². The zero-order chi connectivity index (χ0) is 12.3. The zero-order valence-electron chi connectivity index (χ0n) is 10.5. The number of carbonyl (C=O) groups is 2. The molecule has 0 bridgehead atoms. The summed E-state index contributed by atoms with van der Waals surface area (Å²) in [6.07, 6.45) is 0.891. The fourth-order valence-electron chi connectivity index (χ4n) is 1.84. The van der Waals surface area contributed by atoms with Crippen molar-refractivity contribution >= 4 is 11.8 Å². The Labute approximate surface area is 96.8 Å². The minimum atomic E-state index is -0.756. The van der Waals surface area contributed by atoms with Crippen molar-refractivity contribution < 1.29 is 9.59 Å². The van der Waals surface area contributed by atoms with Crippen molar-refractivity contribution in [2.24, 2.45) is 0 Å². The molecule has 1 aliphatic rings. The molecule has 92 valence electrons. The number of rotatable bonds is 4. The Hall–Kier alpha value is -1.10. The predicted octanol–water partition coefficient (Wildman–Crippen LogP) is -0.325. The number of amides is 2. The van der Waals surface area contributed by atoms with E-state index in [2.05, 4.69) is 10.2 Å². The number of carbonyl (C=O) groups excluding carboxylic acids is 2. The summed E-state index contributed by atoms with van der Waals surface area (Å²) in [5, 5.41) is 2.69. The average Bonchev–Trinajstić information content (AvgIpc) is 2.11. The molecule has 0 aromatic heterocycles. The lowest BCUT2D eigenvalue weighted by Gasteiger charge is -2.37. The predicted molar refractivity (Wildman–Crippen MR) is 62.0 cm³/mol. The van der Waals surface area contributed by atoms with Crippen LogP contribution in [0.5, 0.6) is 0 Å². The van der Waals surface area contributed by atoms with Crippen LogP contribution in [0.3, 0.4) is 0 Å². The zero-order valence-corrected chi connectivity index (χ0v) is 10.5. The van der Waals surface area contributed by atoms with Gasteiger partial charge in [-0.25, -0.2) is 0 Å². The van der Waals surface area contributed by atoms with Crippen LogP contribution in [0.15, 0.2) is 0 Å². The molecule has 5 nitrogen and oxygen atoms in total. The molecule has 1 N–H and O–H groups in total. The molecule has 1 rings (SSSR count). The first kappa shape index (κ1) is 13.0. The first-order valence-electron chi connectivity index (χ1n) is 5.58. The van der Waals surface area contributed by atoms with E-state index in [1.807, 2.05) is 14.1 Å². The molecule has 0 spiro atoms. The van der Waals surface area contributed by atoms with E-state index in [-0.39, 0.29) is 18.4 Å². The van der Waals surface area contributed by atoms with Gasteiger partial charge in [-0.3, -0.25) is 9.59 Å². The third-order valence-electron chi connectivity index (χ3n) is 2.64. The van der Waals surface area contributed by atoms with Crippen molar-refractivity contribution in [1.82, 2.24) is 15.1 Å².